The number of ketones is 1. The van der Waals surface area contributed by atoms with Gasteiger partial charge in [-0.15, -0.1) is 0 Å². The first-order valence-corrected chi connectivity index (χ1v) is 8.73. The molecule has 0 fully saturated rings. The van der Waals surface area contributed by atoms with E-state index in [0.29, 0.717) is 35.2 Å². The number of carbonyl (C=O) groups excluding carboxylic acids is 1. The summed E-state index contributed by atoms with van der Waals surface area (Å²) in [7, 11) is 0. The summed E-state index contributed by atoms with van der Waals surface area (Å²) in [5, 5.41) is 9.85. The number of aromatic nitrogens is 1. The first-order valence-electron chi connectivity index (χ1n) is 8.73. The number of hydrogen-bond acceptors (Lipinski definition) is 5. The molecule has 0 amide bonds. The molecule has 0 saturated carbocycles. The lowest BCUT2D eigenvalue weighted by molar-refractivity contribution is -0.116. The third kappa shape index (κ3) is 2.77. The molecule has 134 valence electrons. The highest BCUT2D eigenvalue weighted by Gasteiger charge is 2.40. The van der Waals surface area contributed by atoms with Crippen LogP contribution in [-0.4, -0.2) is 10.8 Å². The van der Waals surface area contributed by atoms with Gasteiger partial charge >= 0.3 is 0 Å². The zero-order valence-electron chi connectivity index (χ0n) is 14.5. The van der Waals surface area contributed by atoms with E-state index in [1.165, 1.54) is 12.1 Å². The van der Waals surface area contributed by atoms with Crippen molar-refractivity contribution >= 4 is 11.5 Å². The van der Waals surface area contributed by atoms with E-state index >= 15 is 0 Å². The fourth-order valence-electron chi connectivity index (χ4n) is 3.86. The van der Waals surface area contributed by atoms with Crippen molar-refractivity contribution in [3.05, 3.63) is 82.8 Å². The molecular formula is C21H17FN4O. The highest BCUT2D eigenvalue weighted by Crippen LogP contribution is 2.45. The second kappa shape index (κ2) is 6.69. The Bertz CT molecular complexity index is 1000. The van der Waals surface area contributed by atoms with Crippen molar-refractivity contribution in [2.45, 2.75) is 25.2 Å². The molecule has 2 heterocycles. The molecule has 0 saturated heterocycles. The van der Waals surface area contributed by atoms with Gasteiger partial charge in [-0.1, -0.05) is 12.1 Å². The van der Waals surface area contributed by atoms with Crippen LogP contribution in [0.15, 0.2) is 71.5 Å². The molecule has 5 nitrogen and oxygen atoms in total. The van der Waals surface area contributed by atoms with Gasteiger partial charge in [0, 0.05) is 23.9 Å². The van der Waals surface area contributed by atoms with Crippen LogP contribution in [0.4, 0.5) is 10.1 Å². The minimum atomic E-state index is -0.577. The molecule has 1 aliphatic carbocycles. The fourth-order valence-corrected chi connectivity index (χ4v) is 3.86. The maximum atomic E-state index is 13.4. The molecule has 6 heteroatoms. The number of allylic oxidation sites excluding steroid dienone is 3. The second-order valence-corrected chi connectivity index (χ2v) is 6.58. The van der Waals surface area contributed by atoms with E-state index in [9.17, 15) is 14.4 Å². The van der Waals surface area contributed by atoms with Crippen molar-refractivity contribution in [2.24, 2.45) is 5.73 Å². The lowest BCUT2D eigenvalue weighted by atomic mass is 9.75. The maximum absolute atomic E-state index is 13.4. The number of nitrogens with zero attached hydrogens (tertiary/aromatic N) is 3. The smallest absolute Gasteiger partial charge is 0.161 e. The topological polar surface area (TPSA) is 83.0 Å². The second-order valence-electron chi connectivity index (χ2n) is 6.58. The van der Waals surface area contributed by atoms with Gasteiger partial charge in [-0.3, -0.25) is 14.7 Å². The number of carbonyl (C=O) groups is 1. The van der Waals surface area contributed by atoms with Gasteiger partial charge in [0.2, 0.25) is 0 Å². The summed E-state index contributed by atoms with van der Waals surface area (Å²) in [6.07, 6.45) is 5.13. The van der Waals surface area contributed by atoms with Gasteiger partial charge in [0.05, 0.1) is 29.4 Å². The van der Waals surface area contributed by atoms with Crippen LogP contribution in [0.2, 0.25) is 0 Å². The predicted molar refractivity (Wildman–Crippen MR) is 98.6 cm³/mol. The molecule has 1 aromatic carbocycles. The standard InChI is InChI=1S/C21H17FN4O/c22-14-8-6-13(7-9-14)19-16(11-23)21(24)26(15-3-2-10-25-12-15)17-4-1-5-18(27)20(17)19/h2-3,6-10,12,19H,1,4-5,24H2/t19-/m1/s1. The molecule has 2 aliphatic rings. The van der Waals surface area contributed by atoms with Crippen molar-refractivity contribution < 1.29 is 9.18 Å². The molecule has 2 N–H and O–H groups in total. The summed E-state index contributed by atoms with van der Waals surface area (Å²) in [5.41, 5.74) is 9.47. The molecule has 4 rings (SSSR count). The largest absolute Gasteiger partial charge is 0.384 e. The molecule has 0 spiro atoms. The van der Waals surface area contributed by atoms with Crippen LogP contribution in [0.25, 0.3) is 0 Å². The molecule has 0 unspecified atom stereocenters. The van der Waals surface area contributed by atoms with Crippen molar-refractivity contribution in [3.63, 3.8) is 0 Å². The van der Waals surface area contributed by atoms with Gasteiger partial charge < -0.3 is 5.73 Å². The van der Waals surface area contributed by atoms with Crippen molar-refractivity contribution in [2.75, 3.05) is 4.90 Å². The van der Waals surface area contributed by atoms with E-state index in [2.05, 4.69) is 11.1 Å². The van der Waals surface area contributed by atoms with Gasteiger partial charge in [-0.25, -0.2) is 4.39 Å². The molecular weight excluding hydrogens is 343 g/mol. The quantitative estimate of drug-likeness (QED) is 0.886. The number of hydrogen-bond donors (Lipinski definition) is 1. The van der Waals surface area contributed by atoms with Crippen LogP contribution in [0.1, 0.15) is 30.7 Å². The third-order valence-corrected chi connectivity index (χ3v) is 5.02. The van der Waals surface area contributed by atoms with Crippen LogP contribution in [0.3, 0.4) is 0 Å². The normalized spacial score (nSPS) is 19.8. The summed E-state index contributed by atoms with van der Waals surface area (Å²) in [6.45, 7) is 0. The first-order chi connectivity index (χ1) is 13.1. The summed E-state index contributed by atoms with van der Waals surface area (Å²) in [6, 6.07) is 11.7. The minimum Gasteiger partial charge on any atom is -0.384 e. The molecule has 0 bridgehead atoms. The number of nitriles is 1. The lowest BCUT2D eigenvalue weighted by Crippen LogP contribution is -2.38. The number of rotatable bonds is 2. The number of halogens is 1. The Morgan fingerprint density at radius 3 is 2.67 bits per heavy atom. The Morgan fingerprint density at radius 2 is 2.00 bits per heavy atom. The van der Waals surface area contributed by atoms with Crippen LogP contribution < -0.4 is 10.6 Å². The van der Waals surface area contributed by atoms with E-state index in [1.54, 1.807) is 35.5 Å². The van der Waals surface area contributed by atoms with Gasteiger partial charge in [0.25, 0.3) is 0 Å². The van der Waals surface area contributed by atoms with Gasteiger partial charge in [0.1, 0.15) is 11.6 Å². The van der Waals surface area contributed by atoms with Gasteiger partial charge in [0.15, 0.2) is 5.78 Å². The fraction of sp³-hybridized carbons (Fsp3) is 0.190. The Balaban J connectivity index is 1.96. The highest BCUT2D eigenvalue weighted by atomic mass is 19.1. The Morgan fingerprint density at radius 1 is 1.22 bits per heavy atom. The SMILES string of the molecule is N#CC1=C(N)N(c2cccnc2)C2=C(C(=O)CCC2)[C@@H]1c1ccc(F)cc1. The Hall–Kier alpha value is -3.46. The summed E-state index contributed by atoms with van der Waals surface area (Å²) >= 11 is 0. The Kier molecular flexibility index (Phi) is 4.21. The minimum absolute atomic E-state index is 0.000264. The van der Waals surface area contributed by atoms with Crippen LogP contribution in [-0.2, 0) is 4.79 Å². The first kappa shape index (κ1) is 17.0. The highest BCUT2D eigenvalue weighted by molar-refractivity contribution is 6.01. The van der Waals surface area contributed by atoms with E-state index in [1.807, 2.05) is 6.07 Å². The van der Waals surface area contributed by atoms with Crippen molar-refractivity contribution in [1.82, 2.24) is 4.98 Å². The van der Waals surface area contributed by atoms with E-state index in [0.717, 1.165) is 12.1 Å². The number of benzene rings is 1. The summed E-state index contributed by atoms with van der Waals surface area (Å²) < 4.78 is 13.4. The van der Waals surface area contributed by atoms with Crippen molar-refractivity contribution in [3.8, 4) is 6.07 Å². The molecule has 27 heavy (non-hydrogen) atoms. The van der Waals surface area contributed by atoms with E-state index in [-0.39, 0.29) is 17.4 Å². The maximum Gasteiger partial charge on any atom is 0.161 e. The van der Waals surface area contributed by atoms with Crippen LogP contribution in [0, 0.1) is 17.1 Å². The molecule has 2 aromatic rings. The van der Waals surface area contributed by atoms with E-state index in [4.69, 9.17) is 5.73 Å². The molecule has 1 atom stereocenters. The zero-order chi connectivity index (χ0) is 19.0. The van der Waals surface area contributed by atoms with Gasteiger partial charge in [-0.05, 0) is 42.7 Å². The Labute approximate surface area is 156 Å². The number of anilines is 1. The monoisotopic (exact) mass is 360 g/mol. The summed E-state index contributed by atoms with van der Waals surface area (Å²) in [5.74, 6) is -0.662. The summed E-state index contributed by atoms with van der Waals surface area (Å²) in [4.78, 5) is 18.8. The molecule has 1 aromatic heterocycles. The number of Topliss-reactive ketones (excluding diaryl/α,β-unsaturated/α-hetero) is 1. The van der Waals surface area contributed by atoms with Crippen molar-refractivity contribution in [1.29, 1.82) is 5.26 Å². The third-order valence-electron chi connectivity index (χ3n) is 5.02. The number of pyridine rings is 1. The number of nitrogens with two attached hydrogens (primary N) is 1. The molecule has 1 aliphatic heterocycles. The molecule has 0 radical (unpaired) electrons. The van der Waals surface area contributed by atoms with Gasteiger partial charge in [-0.2, -0.15) is 5.26 Å². The van der Waals surface area contributed by atoms with Crippen LogP contribution in [0.5, 0.6) is 0 Å². The average molecular weight is 360 g/mol. The predicted octanol–water partition coefficient (Wildman–Crippen LogP) is 3.53. The average Bonchev–Trinajstić information content (AvgIpc) is 2.69. The van der Waals surface area contributed by atoms with E-state index < -0.39 is 5.92 Å². The zero-order valence-corrected chi connectivity index (χ0v) is 14.5. The van der Waals surface area contributed by atoms with Crippen LogP contribution >= 0.6 is 0 Å². The lowest BCUT2D eigenvalue weighted by Gasteiger charge is -2.39.